The highest BCUT2D eigenvalue weighted by molar-refractivity contribution is 5.50. The van der Waals surface area contributed by atoms with E-state index in [-0.39, 0.29) is 0 Å². The summed E-state index contributed by atoms with van der Waals surface area (Å²) in [4.78, 5) is 9.41. The van der Waals surface area contributed by atoms with Crippen LogP contribution >= 0.6 is 0 Å². The van der Waals surface area contributed by atoms with E-state index in [0.29, 0.717) is 0 Å². The topological polar surface area (TPSA) is 45.4 Å². The zero-order valence-corrected chi connectivity index (χ0v) is 10.8. The van der Waals surface area contributed by atoms with Gasteiger partial charge in [-0.05, 0) is 32.0 Å². The lowest BCUT2D eigenvalue weighted by Gasteiger charge is -2.35. The SMILES string of the molecule is CCCN1CCN(c2ccc(N)c(C)n2)CC1. The lowest BCUT2D eigenvalue weighted by molar-refractivity contribution is 0.258. The largest absolute Gasteiger partial charge is 0.397 e. The molecule has 2 rings (SSSR count). The van der Waals surface area contributed by atoms with E-state index in [1.807, 2.05) is 19.1 Å². The van der Waals surface area contributed by atoms with Gasteiger partial charge in [-0.25, -0.2) is 4.98 Å². The quantitative estimate of drug-likeness (QED) is 0.861. The van der Waals surface area contributed by atoms with Crippen LogP contribution in [0.15, 0.2) is 12.1 Å². The van der Waals surface area contributed by atoms with Gasteiger partial charge in [0, 0.05) is 26.2 Å². The second-order valence-corrected chi connectivity index (χ2v) is 4.67. The molecule has 0 bridgehead atoms. The summed E-state index contributed by atoms with van der Waals surface area (Å²) in [6.45, 7) is 9.82. The second kappa shape index (κ2) is 5.36. The number of hydrogen-bond donors (Lipinski definition) is 1. The maximum Gasteiger partial charge on any atom is 0.129 e. The summed E-state index contributed by atoms with van der Waals surface area (Å²) in [6, 6.07) is 3.98. The van der Waals surface area contributed by atoms with Crippen molar-refractivity contribution < 1.29 is 0 Å². The zero-order chi connectivity index (χ0) is 12.3. The van der Waals surface area contributed by atoms with Crippen LogP contribution in [0.5, 0.6) is 0 Å². The molecule has 2 N–H and O–H groups in total. The molecule has 0 atom stereocenters. The van der Waals surface area contributed by atoms with Gasteiger partial charge in [-0.1, -0.05) is 6.92 Å². The number of hydrogen-bond acceptors (Lipinski definition) is 4. The third kappa shape index (κ3) is 2.88. The van der Waals surface area contributed by atoms with Crippen molar-refractivity contribution in [1.29, 1.82) is 0 Å². The van der Waals surface area contributed by atoms with Crippen molar-refractivity contribution in [3.8, 4) is 0 Å². The van der Waals surface area contributed by atoms with E-state index in [1.165, 1.54) is 13.0 Å². The van der Waals surface area contributed by atoms with Gasteiger partial charge in [-0.15, -0.1) is 0 Å². The van der Waals surface area contributed by atoms with Gasteiger partial charge in [0.15, 0.2) is 0 Å². The lowest BCUT2D eigenvalue weighted by atomic mass is 10.2. The Morgan fingerprint density at radius 1 is 1.24 bits per heavy atom. The first-order chi connectivity index (χ1) is 8.20. The highest BCUT2D eigenvalue weighted by atomic mass is 15.3. The second-order valence-electron chi connectivity index (χ2n) is 4.67. The maximum absolute atomic E-state index is 5.79. The Hall–Kier alpha value is -1.29. The molecule has 1 saturated heterocycles. The first kappa shape index (κ1) is 12.2. The summed E-state index contributed by atoms with van der Waals surface area (Å²) in [7, 11) is 0. The Balaban J connectivity index is 1.98. The normalized spacial score (nSPS) is 17.4. The summed E-state index contributed by atoms with van der Waals surface area (Å²) in [5.41, 5.74) is 7.50. The van der Waals surface area contributed by atoms with E-state index >= 15 is 0 Å². The Morgan fingerprint density at radius 2 is 1.94 bits per heavy atom. The van der Waals surface area contributed by atoms with Gasteiger partial charge in [0.2, 0.25) is 0 Å². The summed E-state index contributed by atoms with van der Waals surface area (Å²) in [5, 5.41) is 0. The number of nitrogens with two attached hydrogens (primary N) is 1. The van der Waals surface area contributed by atoms with Crippen LogP contribution in [-0.2, 0) is 0 Å². The minimum absolute atomic E-state index is 0.776. The van der Waals surface area contributed by atoms with Crippen molar-refractivity contribution in [1.82, 2.24) is 9.88 Å². The Kier molecular flexibility index (Phi) is 3.84. The van der Waals surface area contributed by atoms with Gasteiger partial charge in [0.05, 0.1) is 11.4 Å². The molecule has 0 amide bonds. The van der Waals surface area contributed by atoms with Crippen LogP contribution in [0.25, 0.3) is 0 Å². The highest BCUT2D eigenvalue weighted by Crippen LogP contribution is 2.17. The number of pyridine rings is 1. The van der Waals surface area contributed by atoms with Crippen LogP contribution < -0.4 is 10.6 Å². The van der Waals surface area contributed by atoms with Gasteiger partial charge in [-0.2, -0.15) is 0 Å². The molecule has 0 saturated carbocycles. The van der Waals surface area contributed by atoms with Crippen molar-refractivity contribution in [3.63, 3.8) is 0 Å². The van der Waals surface area contributed by atoms with Crippen molar-refractivity contribution in [2.45, 2.75) is 20.3 Å². The van der Waals surface area contributed by atoms with Gasteiger partial charge < -0.3 is 10.6 Å². The predicted octanol–water partition coefficient (Wildman–Crippen LogP) is 1.50. The third-order valence-electron chi connectivity index (χ3n) is 3.35. The van der Waals surface area contributed by atoms with Gasteiger partial charge >= 0.3 is 0 Å². The molecule has 1 fully saturated rings. The molecule has 17 heavy (non-hydrogen) atoms. The molecule has 0 spiro atoms. The first-order valence-electron chi connectivity index (χ1n) is 6.41. The number of rotatable bonds is 3. The van der Waals surface area contributed by atoms with E-state index in [4.69, 9.17) is 5.73 Å². The standard InChI is InChI=1S/C13H22N4/c1-3-6-16-7-9-17(10-8-16)13-5-4-12(14)11(2)15-13/h4-5H,3,6-10,14H2,1-2H3. The average molecular weight is 234 g/mol. The molecule has 2 heterocycles. The number of piperazine rings is 1. The molecule has 0 aliphatic carbocycles. The van der Waals surface area contributed by atoms with Crippen LogP contribution in [-0.4, -0.2) is 42.6 Å². The number of nitrogen functional groups attached to an aromatic ring is 1. The van der Waals surface area contributed by atoms with E-state index in [0.717, 1.165) is 43.4 Å². The Bertz CT molecular complexity index is 370. The van der Waals surface area contributed by atoms with E-state index in [9.17, 15) is 0 Å². The minimum Gasteiger partial charge on any atom is -0.397 e. The van der Waals surface area contributed by atoms with Crippen LogP contribution in [0.3, 0.4) is 0 Å². The third-order valence-corrected chi connectivity index (χ3v) is 3.35. The van der Waals surface area contributed by atoms with Crippen LogP contribution in [0.4, 0.5) is 11.5 Å². The van der Waals surface area contributed by atoms with E-state index < -0.39 is 0 Å². The molecule has 1 aromatic rings. The molecule has 94 valence electrons. The number of aromatic nitrogens is 1. The molecule has 0 aromatic carbocycles. The van der Waals surface area contributed by atoms with Crippen molar-refractivity contribution >= 4 is 11.5 Å². The van der Waals surface area contributed by atoms with Crippen LogP contribution in [0.1, 0.15) is 19.0 Å². The number of nitrogens with zero attached hydrogens (tertiary/aromatic N) is 3. The van der Waals surface area contributed by atoms with Crippen molar-refractivity contribution in [2.24, 2.45) is 0 Å². The fourth-order valence-electron chi connectivity index (χ4n) is 2.25. The molecular formula is C13H22N4. The van der Waals surface area contributed by atoms with Gasteiger partial charge in [0.1, 0.15) is 5.82 Å². The number of anilines is 2. The number of aryl methyl sites for hydroxylation is 1. The highest BCUT2D eigenvalue weighted by Gasteiger charge is 2.17. The van der Waals surface area contributed by atoms with E-state index in [2.05, 4.69) is 21.7 Å². The summed E-state index contributed by atoms with van der Waals surface area (Å²) in [6.07, 6.45) is 1.24. The zero-order valence-electron chi connectivity index (χ0n) is 10.8. The Morgan fingerprint density at radius 3 is 2.53 bits per heavy atom. The predicted molar refractivity (Wildman–Crippen MR) is 72.3 cm³/mol. The molecule has 0 unspecified atom stereocenters. The van der Waals surface area contributed by atoms with Crippen LogP contribution in [0.2, 0.25) is 0 Å². The molecule has 0 radical (unpaired) electrons. The van der Waals surface area contributed by atoms with Crippen LogP contribution in [0, 0.1) is 6.92 Å². The summed E-state index contributed by atoms with van der Waals surface area (Å²) < 4.78 is 0. The maximum atomic E-state index is 5.79. The molecular weight excluding hydrogens is 212 g/mol. The molecule has 1 aliphatic heterocycles. The van der Waals surface area contributed by atoms with Crippen molar-refractivity contribution in [3.05, 3.63) is 17.8 Å². The van der Waals surface area contributed by atoms with E-state index in [1.54, 1.807) is 0 Å². The summed E-state index contributed by atoms with van der Waals surface area (Å²) >= 11 is 0. The minimum atomic E-state index is 0.776. The van der Waals surface area contributed by atoms with Gasteiger partial charge in [-0.3, -0.25) is 4.90 Å². The summed E-state index contributed by atoms with van der Waals surface area (Å²) in [5.74, 6) is 1.06. The molecule has 4 heteroatoms. The Labute approximate surface area is 103 Å². The lowest BCUT2D eigenvalue weighted by Crippen LogP contribution is -2.46. The average Bonchev–Trinajstić information content (AvgIpc) is 2.34. The molecule has 1 aromatic heterocycles. The molecule has 4 nitrogen and oxygen atoms in total. The fourth-order valence-corrected chi connectivity index (χ4v) is 2.25. The monoisotopic (exact) mass is 234 g/mol. The smallest absolute Gasteiger partial charge is 0.129 e. The fraction of sp³-hybridized carbons (Fsp3) is 0.615. The van der Waals surface area contributed by atoms with Gasteiger partial charge in [0.25, 0.3) is 0 Å². The van der Waals surface area contributed by atoms with Crippen molar-refractivity contribution in [2.75, 3.05) is 43.4 Å². The first-order valence-corrected chi connectivity index (χ1v) is 6.41. The molecule has 1 aliphatic rings.